The number of hydrogen-bond donors (Lipinski definition) is 1. The Morgan fingerprint density at radius 3 is 2.71 bits per heavy atom. The predicted molar refractivity (Wildman–Crippen MR) is 64.5 cm³/mol. The molecule has 2 rings (SSSR count). The van der Waals surface area contributed by atoms with Crippen LogP contribution in [0.5, 0.6) is 0 Å². The number of nitrogens with zero attached hydrogens (tertiary/aromatic N) is 4. The lowest BCUT2D eigenvalue weighted by Crippen LogP contribution is -2.07. The minimum Gasteiger partial charge on any atom is -0.386 e. The van der Waals surface area contributed by atoms with Gasteiger partial charge in [0.1, 0.15) is 0 Å². The highest BCUT2D eigenvalue weighted by Gasteiger charge is 2.15. The zero-order valence-corrected chi connectivity index (χ0v) is 10.5. The summed E-state index contributed by atoms with van der Waals surface area (Å²) in [4.78, 5) is 0. The fraction of sp³-hybridized carbons (Fsp3) is 0.500. The van der Waals surface area contributed by atoms with E-state index in [1.807, 2.05) is 26.4 Å². The van der Waals surface area contributed by atoms with Crippen LogP contribution in [0.25, 0.3) is 0 Å². The second-order valence-electron chi connectivity index (χ2n) is 4.28. The van der Waals surface area contributed by atoms with Crippen molar-refractivity contribution in [2.75, 3.05) is 0 Å². The van der Waals surface area contributed by atoms with E-state index in [0.29, 0.717) is 6.42 Å². The van der Waals surface area contributed by atoms with Crippen LogP contribution in [0.15, 0.2) is 18.5 Å². The van der Waals surface area contributed by atoms with Crippen LogP contribution in [0.3, 0.4) is 0 Å². The Hall–Kier alpha value is -1.62. The second kappa shape index (κ2) is 4.71. The molecule has 0 saturated heterocycles. The summed E-state index contributed by atoms with van der Waals surface area (Å²) in [5.74, 6) is 0. The zero-order valence-electron chi connectivity index (χ0n) is 10.5. The van der Waals surface area contributed by atoms with Crippen molar-refractivity contribution in [3.05, 3.63) is 35.4 Å². The number of aromatic nitrogens is 4. The molecule has 92 valence electrons. The van der Waals surface area contributed by atoms with Crippen molar-refractivity contribution < 1.29 is 5.11 Å². The highest BCUT2D eigenvalue weighted by molar-refractivity contribution is 5.16. The first-order valence-corrected chi connectivity index (χ1v) is 5.78. The number of aryl methyl sites for hydroxylation is 3. The molecule has 0 amide bonds. The van der Waals surface area contributed by atoms with Gasteiger partial charge in [0.2, 0.25) is 0 Å². The SMILES string of the molecule is CCc1cc(C(O)Cc2cnn(C)c2)n(C)n1. The Labute approximate surface area is 101 Å². The van der Waals surface area contributed by atoms with Crippen LogP contribution in [0.4, 0.5) is 0 Å². The standard InChI is InChI=1S/C12H18N4O/c1-4-10-6-11(16(3)14-10)12(17)5-9-7-13-15(2)8-9/h6-8,12,17H,4-5H2,1-3H3. The van der Waals surface area contributed by atoms with E-state index in [1.54, 1.807) is 15.6 Å². The van der Waals surface area contributed by atoms with Gasteiger partial charge in [-0.25, -0.2) is 0 Å². The molecule has 1 atom stereocenters. The Bertz CT molecular complexity index is 500. The van der Waals surface area contributed by atoms with E-state index in [0.717, 1.165) is 23.4 Å². The van der Waals surface area contributed by atoms with Gasteiger partial charge in [0.25, 0.3) is 0 Å². The molecule has 17 heavy (non-hydrogen) atoms. The molecule has 0 saturated carbocycles. The second-order valence-corrected chi connectivity index (χ2v) is 4.28. The molecule has 5 nitrogen and oxygen atoms in total. The number of aliphatic hydroxyl groups excluding tert-OH is 1. The van der Waals surface area contributed by atoms with Gasteiger partial charge in [-0.2, -0.15) is 10.2 Å². The largest absolute Gasteiger partial charge is 0.386 e. The van der Waals surface area contributed by atoms with Crippen molar-refractivity contribution in [1.29, 1.82) is 0 Å². The van der Waals surface area contributed by atoms with Crippen LogP contribution < -0.4 is 0 Å². The van der Waals surface area contributed by atoms with Gasteiger partial charge in [0, 0.05) is 26.7 Å². The van der Waals surface area contributed by atoms with Crippen LogP contribution in [0.2, 0.25) is 0 Å². The lowest BCUT2D eigenvalue weighted by molar-refractivity contribution is 0.168. The molecule has 0 spiro atoms. The first-order chi connectivity index (χ1) is 8.10. The molecule has 0 aliphatic carbocycles. The lowest BCUT2D eigenvalue weighted by Gasteiger charge is -2.09. The van der Waals surface area contributed by atoms with Crippen LogP contribution in [0, 0.1) is 0 Å². The first-order valence-electron chi connectivity index (χ1n) is 5.78. The average Bonchev–Trinajstić information content (AvgIpc) is 2.85. The summed E-state index contributed by atoms with van der Waals surface area (Å²) in [6, 6.07) is 1.96. The van der Waals surface area contributed by atoms with Crippen molar-refractivity contribution in [2.45, 2.75) is 25.9 Å². The first kappa shape index (κ1) is 11.9. The van der Waals surface area contributed by atoms with Gasteiger partial charge < -0.3 is 5.11 Å². The number of rotatable bonds is 4. The van der Waals surface area contributed by atoms with Gasteiger partial charge in [0.05, 0.1) is 23.7 Å². The molecule has 2 aromatic rings. The van der Waals surface area contributed by atoms with Gasteiger partial charge in [0.15, 0.2) is 0 Å². The zero-order chi connectivity index (χ0) is 12.4. The fourth-order valence-electron chi connectivity index (χ4n) is 1.93. The number of aliphatic hydroxyl groups is 1. The molecule has 1 unspecified atom stereocenters. The lowest BCUT2D eigenvalue weighted by atomic mass is 10.1. The van der Waals surface area contributed by atoms with E-state index in [4.69, 9.17) is 0 Å². The molecular weight excluding hydrogens is 216 g/mol. The van der Waals surface area contributed by atoms with E-state index in [-0.39, 0.29) is 0 Å². The third kappa shape index (κ3) is 2.55. The molecular formula is C12H18N4O. The van der Waals surface area contributed by atoms with Crippen molar-refractivity contribution in [2.24, 2.45) is 14.1 Å². The summed E-state index contributed by atoms with van der Waals surface area (Å²) in [6.45, 7) is 2.06. The summed E-state index contributed by atoms with van der Waals surface area (Å²) < 4.78 is 3.49. The molecule has 2 heterocycles. The number of hydrogen-bond acceptors (Lipinski definition) is 3. The maximum Gasteiger partial charge on any atom is 0.0997 e. The minimum absolute atomic E-state index is 0.531. The fourth-order valence-corrected chi connectivity index (χ4v) is 1.93. The quantitative estimate of drug-likeness (QED) is 0.858. The maximum atomic E-state index is 10.2. The normalized spacial score (nSPS) is 12.9. The van der Waals surface area contributed by atoms with Gasteiger partial charge >= 0.3 is 0 Å². The van der Waals surface area contributed by atoms with Crippen LogP contribution in [-0.2, 0) is 26.9 Å². The topological polar surface area (TPSA) is 55.9 Å². The summed E-state index contributed by atoms with van der Waals surface area (Å²) in [5, 5.41) is 18.6. The molecule has 0 fully saturated rings. The van der Waals surface area contributed by atoms with Crippen LogP contribution >= 0.6 is 0 Å². The average molecular weight is 234 g/mol. The molecule has 2 aromatic heterocycles. The smallest absolute Gasteiger partial charge is 0.0997 e. The molecule has 5 heteroatoms. The van der Waals surface area contributed by atoms with Crippen molar-refractivity contribution in [3.8, 4) is 0 Å². The summed E-state index contributed by atoms with van der Waals surface area (Å²) in [7, 11) is 3.73. The van der Waals surface area contributed by atoms with Crippen molar-refractivity contribution >= 4 is 0 Å². The third-order valence-corrected chi connectivity index (χ3v) is 2.86. The Kier molecular flexibility index (Phi) is 3.28. The van der Waals surface area contributed by atoms with Crippen molar-refractivity contribution in [1.82, 2.24) is 19.6 Å². The Balaban J connectivity index is 2.13. The van der Waals surface area contributed by atoms with E-state index in [2.05, 4.69) is 17.1 Å². The Morgan fingerprint density at radius 2 is 2.18 bits per heavy atom. The molecule has 0 radical (unpaired) electrons. The van der Waals surface area contributed by atoms with Gasteiger partial charge in [-0.3, -0.25) is 9.36 Å². The minimum atomic E-state index is -0.531. The van der Waals surface area contributed by atoms with E-state index >= 15 is 0 Å². The van der Waals surface area contributed by atoms with Crippen LogP contribution in [-0.4, -0.2) is 24.7 Å². The van der Waals surface area contributed by atoms with Gasteiger partial charge in [-0.15, -0.1) is 0 Å². The highest BCUT2D eigenvalue weighted by Crippen LogP contribution is 2.18. The summed E-state index contributed by atoms with van der Waals surface area (Å²) >= 11 is 0. The molecule has 0 aromatic carbocycles. The van der Waals surface area contributed by atoms with E-state index < -0.39 is 6.10 Å². The van der Waals surface area contributed by atoms with Crippen molar-refractivity contribution in [3.63, 3.8) is 0 Å². The third-order valence-electron chi connectivity index (χ3n) is 2.86. The van der Waals surface area contributed by atoms with E-state index in [9.17, 15) is 5.11 Å². The van der Waals surface area contributed by atoms with E-state index in [1.165, 1.54) is 0 Å². The van der Waals surface area contributed by atoms with Crippen LogP contribution in [0.1, 0.15) is 30.0 Å². The molecule has 0 aliphatic heterocycles. The van der Waals surface area contributed by atoms with Gasteiger partial charge in [-0.05, 0) is 18.1 Å². The highest BCUT2D eigenvalue weighted by atomic mass is 16.3. The molecule has 0 aliphatic rings. The predicted octanol–water partition coefficient (Wildman–Crippen LogP) is 0.992. The molecule has 1 N–H and O–H groups in total. The monoisotopic (exact) mass is 234 g/mol. The summed E-state index contributed by atoms with van der Waals surface area (Å²) in [5.41, 5.74) is 2.89. The van der Waals surface area contributed by atoms with Gasteiger partial charge in [-0.1, -0.05) is 6.92 Å². The Morgan fingerprint density at radius 1 is 1.41 bits per heavy atom. The molecule has 0 bridgehead atoms. The maximum absolute atomic E-state index is 10.2. The summed E-state index contributed by atoms with van der Waals surface area (Å²) in [6.07, 6.45) is 4.61.